The fraction of sp³-hybridized carbons (Fsp3) is 0.0323. The minimum atomic E-state index is -0.610. The van der Waals surface area contributed by atoms with Gasteiger partial charge in [-0.2, -0.15) is 0 Å². The summed E-state index contributed by atoms with van der Waals surface area (Å²) in [7, 11) is 0. The van der Waals surface area contributed by atoms with E-state index < -0.39 is 10.8 Å². The number of para-hydroxylation sites is 4. The van der Waals surface area contributed by atoms with E-state index in [0.29, 0.717) is 0 Å². The van der Waals surface area contributed by atoms with Crippen LogP contribution in [-0.2, 0) is 10.8 Å². The van der Waals surface area contributed by atoms with E-state index in [9.17, 15) is 0 Å². The highest BCUT2D eigenvalue weighted by molar-refractivity contribution is 6.03. The highest BCUT2D eigenvalue weighted by Gasteiger charge is 2.54. The van der Waals surface area contributed by atoms with Gasteiger partial charge in [0, 0.05) is 39.1 Å². The van der Waals surface area contributed by atoms with Crippen molar-refractivity contribution in [3.63, 3.8) is 0 Å². The van der Waals surface area contributed by atoms with Gasteiger partial charge in [-0.3, -0.25) is 0 Å². The average molecular weight is 830 g/mol. The standard InChI is InChI=1S/C62H39NO2/c1-2-18-40(19-3-1)41-36-38-42(39-37-41)63(53-30-16-28-51-59(53)43-20-4-6-22-45(43)61(51)47-24-8-12-32-55(47)64-56-33-13-9-25-48(56)61)54-31-17-29-52-60(54)44-21-5-7-23-46(44)62(52)49-26-10-14-34-57(49)65-58-35-15-11-27-50(58)62/h1-39H. The first-order valence-corrected chi connectivity index (χ1v) is 22.4. The van der Waals surface area contributed by atoms with Crippen molar-refractivity contribution in [2.45, 2.75) is 10.8 Å². The van der Waals surface area contributed by atoms with Crippen LogP contribution in [0.2, 0.25) is 0 Å². The van der Waals surface area contributed by atoms with E-state index in [2.05, 4.69) is 241 Å². The maximum Gasteiger partial charge on any atom is 0.132 e. The van der Waals surface area contributed by atoms with Crippen LogP contribution in [0.1, 0.15) is 44.5 Å². The maximum atomic E-state index is 6.73. The largest absolute Gasteiger partial charge is 0.457 e. The zero-order valence-corrected chi connectivity index (χ0v) is 35.3. The SMILES string of the molecule is c1ccc(-c2ccc(N(c3cccc4c3-c3ccccc3C43c4ccccc4Oc4ccccc43)c3cccc4c3-c3ccccc3C43c4ccccc4Oc4ccccc43)cc2)cc1. The van der Waals surface area contributed by atoms with Crippen LogP contribution in [0.15, 0.2) is 237 Å². The highest BCUT2D eigenvalue weighted by atomic mass is 16.5. The molecule has 0 aromatic heterocycles. The molecule has 0 amide bonds. The van der Waals surface area contributed by atoms with Gasteiger partial charge in [0.1, 0.15) is 23.0 Å². The average Bonchev–Trinajstić information content (AvgIpc) is 3.84. The highest BCUT2D eigenvalue weighted by Crippen LogP contribution is 2.67. The number of benzene rings is 10. The fourth-order valence-electron chi connectivity index (χ4n) is 12.0. The van der Waals surface area contributed by atoms with Gasteiger partial charge in [-0.15, -0.1) is 0 Å². The van der Waals surface area contributed by atoms with E-state index in [1.54, 1.807) is 0 Å². The Morgan fingerprint density at radius 2 is 0.600 bits per heavy atom. The minimum absolute atomic E-state index is 0.610. The Labute approximate surface area is 378 Å². The van der Waals surface area contributed by atoms with Crippen molar-refractivity contribution in [1.82, 2.24) is 0 Å². The molecule has 2 aliphatic carbocycles. The summed E-state index contributed by atoms with van der Waals surface area (Å²) in [5, 5.41) is 0. The van der Waals surface area contributed by atoms with E-state index in [4.69, 9.17) is 9.47 Å². The summed E-state index contributed by atoms with van der Waals surface area (Å²) < 4.78 is 13.5. The number of ether oxygens (including phenoxy) is 2. The lowest BCUT2D eigenvalue weighted by Gasteiger charge is -2.40. The van der Waals surface area contributed by atoms with Crippen LogP contribution in [0.5, 0.6) is 23.0 Å². The van der Waals surface area contributed by atoms with Crippen LogP contribution in [0.3, 0.4) is 0 Å². The minimum Gasteiger partial charge on any atom is -0.457 e. The molecule has 3 heteroatoms. The van der Waals surface area contributed by atoms with Crippen molar-refractivity contribution in [2.24, 2.45) is 0 Å². The molecule has 0 saturated heterocycles. The van der Waals surface area contributed by atoms with Gasteiger partial charge in [0.25, 0.3) is 0 Å². The molecule has 10 aromatic carbocycles. The first kappa shape index (κ1) is 36.1. The van der Waals surface area contributed by atoms with Crippen molar-refractivity contribution in [1.29, 1.82) is 0 Å². The Morgan fingerprint density at radius 3 is 1.03 bits per heavy atom. The van der Waals surface area contributed by atoms with Crippen molar-refractivity contribution in [2.75, 3.05) is 4.90 Å². The summed E-state index contributed by atoms with van der Waals surface area (Å²) in [6.45, 7) is 0. The van der Waals surface area contributed by atoms with Crippen LogP contribution in [0.25, 0.3) is 33.4 Å². The van der Waals surface area contributed by atoms with E-state index >= 15 is 0 Å². The summed E-state index contributed by atoms with van der Waals surface area (Å²) in [6, 6.07) is 86.1. The van der Waals surface area contributed by atoms with Gasteiger partial charge >= 0.3 is 0 Å². The summed E-state index contributed by atoms with van der Waals surface area (Å²) in [4.78, 5) is 2.53. The zero-order chi connectivity index (χ0) is 42.7. The molecule has 304 valence electrons. The second-order valence-electron chi connectivity index (χ2n) is 17.4. The van der Waals surface area contributed by atoms with Gasteiger partial charge in [0.15, 0.2) is 0 Å². The van der Waals surface area contributed by atoms with Crippen molar-refractivity contribution in [3.8, 4) is 56.4 Å². The molecule has 0 atom stereocenters. The van der Waals surface area contributed by atoms with Crippen LogP contribution < -0.4 is 14.4 Å². The topological polar surface area (TPSA) is 21.7 Å². The first-order chi connectivity index (χ1) is 32.3. The third-order valence-corrected chi connectivity index (χ3v) is 14.4. The summed E-state index contributed by atoms with van der Waals surface area (Å²) in [6.07, 6.45) is 0. The van der Waals surface area contributed by atoms with Gasteiger partial charge in [-0.25, -0.2) is 0 Å². The van der Waals surface area contributed by atoms with Gasteiger partial charge < -0.3 is 14.4 Å². The lowest BCUT2D eigenvalue weighted by molar-refractivity contribution is 0.436. The predicted molar refractivity (Wildman–Crippen MR) is 261 cm³/mol. The molecule has 4 aliphatic rings. The van der Waals surface area contributed by atoms with Gasteiger partial charge in [-0.1, -0.05) is 188 Å². The number of nitrogens with zero attached hydrogens (tertiary/aromatic N) is 1. The van der Waals surface area contributed by atoms with E-state index in [1.165, 1.54) is 55.6 Å². The predicted octanol–water partition coefficient (Wildman–Crippen LogP) is 15.8. The molecule has 0 saturated carbocycles. The third-order valence-electron chi connectivity index (χ3n) is 14.4. The number of hydrogen-bond donors (Lipinski definition) is 0. The molecular weight excluding hydrogens is 791 g/mol. The Hall–Kier alpha value is -8.40. The van der Waals surface area contributed by atoms with Gasteiger partial charge in [0.05, 0.1) is 22.2 Å². The second kappa shape index (κ2) is 13.6. The summed E-state index contributed by atoms with van der Waals surface area (Å²) >= 11 is 0. The zero-order valence-electron chi connectivity index (χ0n) is 35.3. The van der Waals surface area contributed by atoms with Crippen LogP contribution >= 0.6 is 0 Å². The first-order valence-electron chi connectivity index (χ1n) is 22.4. The lowest BCUT2D eigenvalue weighted by atomic mass is 9.66. The summed E-state index contributed by atoms with van der Waals surface area (Å²) in [5.41, 5.74) is 18.9. The molecule has 2 aliphatic heterocycles. The van der Waals surface area contributed by atoms with E-state index in [1.807, 2.05) is 0 Å². The van der Waals surface area contributed by atoms with Crippen LogP contribution in [0.4, 0.5) is 17.1 Å². The lowest BCUT2D eigenvalue weighted by Crippen LogP contribution is -2.32. The number of rotatable bonds is 4. The third kappa shape index (κ3) is 4.74. The molecule has 65 heavy (non-hydrogen) atoms. The van der Waals surface area contributed by atoms with E-state index in [0.717, 1.165) is 62.3 Å². The quantitative estimate of drug-likeness (QED) is 0.176. The molecule has 0 N–H and O–H groups in total. The normalized spacial score (nSPS) is 14.3. The molecule has 10 aromatic rings. The second-order valence-corrected chi connectivity index (χ2v) is 17.4. The molecule has 0 radical (unpaired) electrons. The molecule has 3 nitrogen and oxygen atoms in total. The van der Waals surface area contributed by atoms with Crippen LogP contribution in [-0.4, -0.2) is 0 Å². The molecular formula is C62H39NO2. The Morgan fingerprint density at radius 1 is 0.262 bits per heavy atom. The smallest absolute Gasteiger partial charge is 0.132 e. The van der Waals surface area contributed by atoms with Crippen molar-refractivity contribution >= 4 is 17.1 Å². The number of hydrogen-bond acceptors (Lipinski definition) is 3. The molecule has 0 bridgehead atoms. The number of anilines is 3. The molecule has 2 spiro atoms. The number of fused-ring (bicyclic) bond motifs is 18. The molecule has 0 unspecified atom stereocenters. The van der Waals surface area contributed by atoms with Crippen LogP contribution in [0, 0.1) is 0 Å². The monoisotopic (exact) mass is 829 g/mol. The maximum absolute atomic E-state index is 6.73. The van der Waals surface area contributed by atoms with E-state index in [-0.39, 0.29) is 0 Å². The molecule has 14 rings (SSSR count). The van der Waals surface area contributed by atoms with Crippen molar-refractivity contribution < 1.29 is 9.47 Å². The Kier molecular flexibility index (Phi) is 7.53. The fourth-order valence-corrected chi connectivity index (χ4v) is 12.0. The summed E-state index contributed by atoms with van der Waals surface area (Å²) in [5.74, 6) is 3.53. The molecule has 2 heterocycles. The Bertz CT molecular complexity index is 3280. The molecule has 0 fully saturated rings. The van der Waals surface area contributed by atoms with Crippen molar-refractivity contribution in [3.05, 3.63) is 281 Å². The Balaban J connectivity index is 1.09. The van der Waals surface area contributed by atoms with Gasteiger partial charge in [0.2, 0.25) is 0 Å². The van der Waals surface area contributed by atoms with Gasteiger partial charge in [-0.05, 0) is 93.0 Å².